The number of hydrogen-bond donors (Lipinski definition) is 2. The van der Waals surface area contributed by atoms with Crippen molar-refractivity contribution >= 4 is 39.2 Å². The summed E-state index contributed by atoms with van der Waals surface area (Å²) in [6.07, 6.45) is 0. The van der Waals surface area contributed by atoms with Crippen molar-refractivity contribution in [3.63, 3.8) is 0 Å². The van der Waals surface area contributed by atoms with Crippen molar-refractivity contribution < 1.29 is 14.6 Å². The van der Waals surface area contributed by atoms with Crippen LogP contribution in [0, 0.1) is 0 Å². The second kappa shape index (κ2) is 6.83. The van der Waals surface area contributed by atoms with Gasteiger partial charge in [-0.05, 0) is 57.9 Å². The number of halogens is 2. The molecule has 2 N–H and O–H groups in total. The zero-order chi connectivity index (χ0) is 15.4. The number of nitrogens with one attached hydrogen (secondary N) is 1. The lowest BCUT2D eigenvalue weighted by atomic mass is 10.1. The van der Waals surface area contributed by atoms with Gasteiger partial charge in [0.25, 0.3) is 0 Å². The number of aliphatic carboxylic acids is 1. The van der Waals surface area contributed by atoms with Gasteiger partial charge in [0, 0.05) is 10.2 Å². The van der Waals surface area contributed by atoms with Crippen molar-refractivity contribution in [3.8, 4) is 5.75 Å². The number of rotatable bonds is 5. The lowest BCUT2D eigenvalue weighted by molar-refractivity contribution is -0.138. The van der Waals surface area contributed by atoms with Crippen LogP contribution in [0.1, 0.15) is 11.6 Å². The Morgan fingerprint density at radius 1 is 1.29 bits per heavy atom. The Morgan fingerprint density at radius 2 is 1.95 bits per heavy atom. The van der Waals surface area contributed by atoms with Gasteiger partial charge in [-0.25, -0.2) is 4.79 Å². The first-order valence-electron chi connectivity index (χ1n) is 6.09. The van der Waals surface area contributed by atoms with Gasteiger partial charge in [-0.2, -0.15) is 0 Å². The maximum atomic E-state index is 11.5. The summed E-state index contributed by atoms with van der Waals surface area (Å²) in [5.74, 6) is -0.262. The minimum Gasteiger partial charge on any atom is -0.497 e. The SMILES string of the molecule is COc1ccc(NC(C(=O)O)c2ccc(Cl)c(Br)c2)cc1. The Bertz CT molecular complexity index is 646. The minimum absolute atomic E-state index is 0.535. The molecule has 2 aromatic carbocycles. The van der Waals surface area contributed by atoms with Crippen LogP contribution in [0.5, 0.6) is 5.75 Å². The van der Waals surface area contributed by atoms with Crippen LogP contribution in [0.3, 0.4) is 0 Å². The molecule has 0 spiro atoms. The van der Waals surface area contributed by atoms with E-state index in [0.717, 1.165) is 0 Å². The quantitative estimate of drug-likeness (QED) is 0.821. The van der Waals surface area contributed by atoms with Gasteiger partial charge in [0.1, 0.15) is 5.75 Å². The summed E-state index contributed by atoms with van der Waals surface area (Å²) in [6.45, 7) is 0. The van der Waals surface area contributed by atoms with Gasteiger partial charge in [-0.15, -0.1) is 0 Å². The highest BCUT2D eigenvalue weighted by Gasteiger charge is 2.20. The molecular formula is C15H13BrClNO3. The van der Waals surface area contributed by atoms with E-state index in [-0.39, 0.29) is 0 Å². The topological polar surface area (TPSA) is 58.6 Å². The molecule has 0 aliphatic carbocycles. The molecule has 0 fully saturated rings. The highest BCUT2D eigenvalue weighted by Crippen LogP contribution is 2.28. The maximum Gasteiger partial charge on any atom is 0.330 e. The van der Waals surface area contributed by atoms with Crippen molar-refractivity contribution in [1.82, 2.24) is 0 Å². The molecule has 2 aromatic rings. The lowest BCUT2D eigenvalue weighted by Crippen LogP contribution is -2.20. The van der Waals surface area contributed by atoms with Crippen LogP contribution in [0.4, 0.5) is 5.69 Å². The summed E-state index contributed by atoms with van der Waals surface area (Å²) in [7, 11) is 1.58. The summed E-state index contributed by atoms with van der Waals surface area (Å²) in [5, 5.41) is 12.9. The van der Waals surface area contributed by atoms with E-state index in [9.17, 15) is 9.90 Å². The van der Waals surface area contributed by atoms with Crippen LogP contribution in [0.2, 0.25) is 5.02 Å². The number of carboxylic acids is 1. The summed E-state index contributed by atoms with van der Waals surface area (Å²) in [5.41, 5.74) is 1.30. The molecule has 2 rings (SSSR count). The van der Waals surface area contributed by atoms with Crippen molar-refractivity contribution in [2.45, 2.75) is 6.04 Å². The number of benzene rings is 2. The average Bonchev–Trinajstić information content (AvgIpc) is 2.48. The summed E-state index contributed by atoms with van der Waals surface area (Å²) in [4.78, 5) is 11.5. The molecule has 1 atom stereocenters. The highest BCUT2D eigenvalue weighted by molar-refractivity contribution is 9.10. The molecule has 21 heavy (non-hydrogen) atoms. The molecule has 0 heterocycles. The Hall–Kier alpha value is -1.72. The highest BCUT2D eigenvalue weighted by atomic mass is 79.9. The van der Waals surface area contributed by atoms with Crippen molar-refractivity contribution in [2.24, 2.45) is 0 Å². The zero-order valence-electron chi connectivity index (χ0n) is 11.1. The molecule has 0 radical (unpaired) electrons. The van der Waals surface area contributed by atoms with Gasteiger partial charge in [0.2, 0.25) is 0 Å². The van der Waals surface area contributed by atoms with Gasteiger partial charge in [0.05, 0.1) is 12.1 Å². The number of carbonyl (C=O) groups is 1. The predicted octanol–water partition coefficient (Wildman–Crippen LogP) is 4.35. The monoisotopic (exact) mass is 369 g/mol. The fourth-order valence-corrected chi connectivity index (χ4v) is 2.35. The van der Waals surface area contributed by atoms with E-state index in [4.69, 9.17) is 16.3 Å². The first kappa shape index (κ1) is 15.7. The molecule has 0 aliphatic heterocycles. The molecule has 0 saturated heterocycles. The van der Waals surface area contributed by atoms with Crippen LogP contribution < -0.4 is 10.1 Å². The predicted molar refractivity (Wildman–Crippen MR) is 86.1 cm³/mol. The van der Waals surface area contributed by atoms with E-state index in [1.165, 1.54) is 0 Å². The first-order chi connectivity index (χ1) is 10.0. The molecule has 6 heteroatoms. The van der Waals surface area contributed by atoms with Gasteiger partial charge in [-0.3, -0.25) is 0 Å². The largest absolute Gasteiger partial charge is 0.497 e. The number of ether oxygens (including phenoxy) is 1. The molecule has 0 bridgehead atoms. The fraction of sp³-hybridized carbons (Fsp3) is 0.133. The number of hydrogen-bond acceptors (Lipinski definition) is 3. The molecule has 0 saturated carbocycles. The zero-order valence-corrected chi connectivity index (χ0v) is 13.5. The van der Waals surface area contributed by atoms with Gasteiger partial charge >= 0.3 is 5.97 Å². The van der Waals surface area contributed by atoms with Crippen LogP contribution in [0.15, 0.2) is 46.9 Å². The molecule has 0 aliphatic rings. The normalized spacial score (nSPS) is 11.8. The molecule has 110 valence electrons. The molecule has 0 aromatic heterocycles. The van der Waals surface area contributed by atoms with Gasteiger partial charge < -0.3 is 15.2 Å². The third-order valence-electron chi connectivity index (χ3n) is 2.92. The minimum atomic E-state index is -0.972. The van der Waals surface area contributed by atoms with E-state index in [0.29, 0.717) is 26.5 Å². The first-order valence-corrected chi connectivity index (χ1v) is 7.26. The third kappa shape index (κ3) is 3.89. The summed E-state index contributed by atoms with van der Waals surface area (Å²) < 4.78 is 5.73. The van der Waals surface area contributed by atoms with Crippen molar-refractivity contribution in [2.75, 3.05) is 12.4 Å². The Balaban J connectivity index is 2.26. The Kier molecular flexibility index (Phi) is 5.09. The van der Waals surface area contributed by atoms with Gasteiger partial charge in [-0.1, -0.05) is 17.7 Å². The molecular weight excluding hydrogens is 358 g/mol. The molecule has 0 amide bonds. The van der Waals surface area contributed by atoms with E-state index in [1.807, 2.05) is 0 Å². The fourth-order valence-electron chi connectivity index (χ4n) is 1.83. The second-order valence-corrected chi connectivity index (χ2v) is 5.58. The molecule has 1 unspecified atom stereocenters. The van der Waals surface area contributed by atoms with Crippen molar-refractivity contribution in [3.05, 3.63) is 57.5 Å². The Labute approximate surface area is 135 Å². The van der Waals surface area contributed by atoms with Crippen LogP contribution in [0.25, 0.3) is 0 Å². The smallest absolute Gasteiger partial charge is 0.330 e. The van der Waals surface area contributed by atoms with E-state index in [2.05, 4.69) is 21.2 Å². The summed E-state index contributed by atoms with van der Waals surface area (Å²) in [6, 6.07) is 11.2. The number of carboxylic acid groups (broad SMARTS) is 1. The average molecular weight is 371 g/mol. The van der Waals surface area contributed by atoms with Crippen LogP contribution in [-0.4, -0.2) is 18.2 Å². The van der Waals surface area contributed by atoms with E-state index < -0.39 is 12.0 Å². The van der Waals surface area contributed by atoms with Crippen LogP contribution >= 0.6 is 27.5 Å². The number of anilines is 1. The maximum absolute atomic E-state index is 11.5. The standard InChI is InChI=1S/C15H13BrClNO3/c1-21-11-5-3-10(4-6-11)18-14(15(19)20)9-2-7-13(17)12(16)8-9/h2-8,14,18H,1H3,(H,19,20). The lowest BCUT2D eigenvalue weighted by Gasteiger charge is -2.17. The number of methoxy groups -OCH3 is 1. The van der Waals surface area contributed by atoms with Gasteiger partial charge in [0.15, 0.2) is 6.04 Å². The second-order valence-electron chi connectivity index (χ2n) is 4.32. The Morgan fingerprint density at radius 3 is 2.48 bits per heavy atom. The summed E-state index contributed by atoms with van der Waals surface area (Å²) >= 11 is 9.23. The molecule has 4 nitrogen and oxygen atoms in total. The van der Waals surface area contributed by atoms with Crippen molar-refractivity contribution in [1.29, 1.82) is 0 Å². The van der Waals surface area contributed by atoms with Crippen LogP contribution in [-0.2, 0) is 4.79 Å². The third-order valence-corrected chi connectivity index (χ3v) is 4.14. The van der Waals surface area contributed by atoms with E-state index in [1.54, 1.807) is 49.6 Å². The van der Waals surface area contributed by atoms with E-state index >= 15 is 0 Å².